The lowest BCUT2D eigenvalue weighted by atomic mass is 9.98. The molecule has 1 aromatic rings. The first-order chi connectivity index (χ1) is 8.85. The van der Waals surface area contributed by atoms with Crippen molar-refractivity contribution in [3.63, 3.8) is 0 Å². The molecule has 1 aliphatic carbocycles. The fourth-order valence-corrected chi connectivity index (χ4v) is 2.37. The van der Waals surface area contributed by atoms with Crippen LogP contribution in [0.4, 0.5) is 11.6 Å². The molecule has 2 rings (SSSR count). The predicted octanol–water partition coefficient (Wildman–Crippen LogP) is 3.55. The van der Waals surface area contributed by atoms with E-state index in [4.69, 9.17) is 4.98 Å². The van der Waals surface area contributed by atoms with E-state index in [0.717, 1.165) is 28.9 Å². The van der Waals surface area contributed by atoms with Crippen LogP contribution in [-0.2, 0) is 0 Å². The number of hydrogen-bond donors (Lipinski definition) is 2. The first-order valence-electron chi connectivity index (χ1n) is 7.19. The molecule has 106 valence electrons. The zero-order valence-corrected chi connectivity index (χ0v) is 13.0. The van der Waals surface area contributed by atoms with Crippen molar-refractivity contribution in [2.45, 2.75) is 58.9 Å². The van der Waals surface area contributed by atoms with Gasteiger partial charge >= 0.3 is 0 Å². The quantitative estimate of drug-likeness (QED) is 0.852. The summed E-state index contributed by atoms with van der Waals surface area (Å²) in [5, 5.41) is 6.80. The van der Waals surface area contributed by atoms with Crippen molar-refractivity contribution >= 4 is 11.6 Å². The standard InChI is InChI=1S/C15H26N4/c1-9(2)12-17-13(16-6)10(3)14(18-12)19-15(4,5)11-7-8-11/h9,11H,7-8H2,1-6H3,(H2,16,17,18,19). The van der Waals surface area contributed by atoms with E-state index in [1.54, 1.807) is 0 Å². The smallest absolute Gasteiger partial charge is 0.135 e. The second kappa shape index (κ2) is 4.99. The highest BCUT2D eigenvalue weighted by molar-refractivity contribution is 5.58. The van der Waals surface area contributed by atoms with Gasteiger partial charge in [0.1, 0.15) is 17.5 Å². The maximum Gasteiger partial charge on any atom is 0.135 e. The second-order valence-electron chi connectivity index (χ2n) is 6.43. The third-order valence-electron chi connectivity index (χ3n) is 3.95. The van der Waals surface area contributed by atoms with Crippen molar-refractivity contribution in [1.29, 1.82) is 0 Å². The van der Waals surface area contributed by atoms with E-state index in [0.29, 0.717) is 5.92 Å². The molecule has 0 aromatic carbocycles. The molecule has 0 atom stereocenters. The van der Waals surface area contributed by atoms with Crippen molar-refractivity contribution in [3.05, 3.63) is 11.4 Å². The normalized spacial score (nSPS) is 15.7. The highest BCUT2D eigenvalue weighted by atomic mass is 15.1. The number of hydrogen-bond acceptors (Lipinski definition) is 4. The van der Waals surface area contributed by atoms with Crippen LogP contribution in [0.2, 0.25) is 0 Å². The molecule has 2 N–H and O–H groups in total. The van der Waals surface area contributed by atoms with Gasteiger partial charge in [-0.2, -0.15) is 0 Å². The zero-order chi connectivity index (χ0) is 14.2. The predicted molar refractivity (Wildman–Crippen MR) is 80.8 cm³/mol. The molecule has 1 aliphatic rings. The van der Waals surface area contributed by atoms with Crippen molar-refractivity contribution in [2.24, 2.45) is 5.92 Å². The van der Waals surface area contributed by atoms with Gasteiger partial charge in [0.2, 0.25) is 0 Å². The molecular formula is C15H26N4. The highest BCUT2D eigenvalue weighted by Crippen LogP contribution is 2.41. The van der Waals surface area contributed by atoms with E-state index in [1.807, 2.05) is 7.05 Å². The van der Waals surface area contributed by atoms with Crippen LogP contribution in [-0.4, -0.2) is 22.6 Å². The van der Waals surface area contributed by atoms with Gasteiger partial charge in [-0.25, -0.2) is 9.97 Å². The maximum absolute atomic E-state index is 4.71. The molecule has 0 amide bonds. The van der Waals surface area contributed by atoms with Crippen LogP contribution in [0, 0.1) is 12.8 Å². The van der Waals surface area contributed by atoms with Crippen molar-refractivity contribution in [2.75, 3.05) is 17.7 Å². The van der Waals surface area contributed by atoms with E-state index < -0.39 is 0 Å². The third-order valence-corrected chi connectivity index (χ3v) is 3.95. The van der Waals surface area contributed by atoms with Gasteiger partial charge in [0.15, 0.2) is 0 Å². The van der Waals surface area contributed by atoms with Crippen LogP contribution in [0.15, 0.2) is 0 Å². The van der Waals surface area contributed by atoms with Gasteiger partial charge in [0.25, 0.3) is 0 Å². The molecular weight excluding hydrogens is 236 g/mol. The van der Waals surface area contributed by atoms with Gasteiger partial charge in [0, 0.05) is 24.1 Å². The first-order valence-corrected chi connectivity index (χ1v) is 7.19. The Morgan fingerprint density at radius 2 is 1.74 bits per heavy atom. The Hall–Kier alpha value is -1.32. The summed E-state index contributed by atoms with van der Waals surface area (Å²) in [5.74, 6) is 3.89. The van der Waals surface area contributed by atoms with Crippen molar-refractivity contribution in [1.82, 2.24) is 9.97 Å². The van der Waals surface area contributed by atoms with Gasteiger partial charge in [-0.05, 0) is 39.5 Å². The third kappa shape index (κ3) is 2.99. The molecule has 0 saturated heterocycles. The summed E-state index contributed by atoms with van der Waals surface area (Å²) < 4.78 is 0. The molecule has 0 bridgehead atoms. The van der Waals surface area contributed by atoms with Gasteiger partial charge < -0.3 is 10.6 Å². The van der Waals surface area contributed by atoms with Crippen LogP contribution < -0.4 is 10.6 Å². The van der Waals surface area contributed by atoms with E-state index in [9.17, 15) is 0 Å². The highest BCUT2D eigenvalue weighted by Gasteiger charge is 2.38. The van der Waals surface area contributed by atoms with E-state index in [1.165, 1.54) is 12.8 Å². The summed E-state index contributed by atoms with van der Waals surface area (Å²) in [7, 11) is 1.91. The monoisotopic (exact) mass is 262 g/mol. The SMILES string of the molecule is CNc1nc(C(C)C)nc(NC(C)(C)C2CC2)c1C. The van der Waals surface area contributed by atoms with Crippen LogP contribution in [0.3, 0.4) is 0 Å². The van der Waals surface area contributed by atoms with Crippen LogP contribution in [0.25, 0.3) is 0 Å². The number of nitrogens with one attached hydrogen (secondary N) is 2. The Morgan fingerprint density at radius 3 is 2.21 bits per heavy atom. The second-order valence-corrected chi connectivity index (χ2v) is 6.43. The Morgan fingerprint density at radius 1 is 1.16 bits per heavy atom. The summed E-state index contributed by atoms with van der Waals surface area (Å²) >= 11 is 0. The van der Waals surface area contributed by atoms with Crippen LogP contribution >= 0.6 is 0 Å². The largest absolute Gasteiger partial charge is 0.373 e. The average molecular weight is 262 g/mol. The van der Waals surface area contributed by atoms with Crippen LogP contribution in [0.5, 0.6) is 0 Å². The molecule has 19 heavy (non-hydrogen) atoms. The van der Waals surface area contributed by atoms with Gasteiger partial charge in [-0.1, -0.05) is 13.8 Å². The molecule has 0 unspecified atom stereocenters. The molecule has 1 heterocycles. The summed E-state index contributed by atoms with van der Waals surface area (Å²) in [4.78, 5) is 9.29. The number of aromatic nitrogens is 2. The first kappa shape index (κ1) is 14.1. The molecule has 1 saturated carbocycles. The lowest BCUT2D eigenvalue weighted by Gasteiger charge is -2.28. The topological polar surface area (TPSA) is 49.8 Å². The molecule has 0 radical (unpaired) electrons. The van der Waals surface area contributed by atoms with E-state index in [-0.39, 0.29) is 5.54 Å². The van der Waals surface area contributed by atoms with Gasteiger partial charge in [0.05, 0.1) is 0 Å². The minimum Gasteiger partial charge on any atom is -0.373 e. The molecule has 1 fully saturated rings. The fourth-order valence-electron chi connectivity index (χ4n) is 2.37. The van der Waals surface area contributed by atoms with Crippen molar-refractivity contribution in [3.8, 4) is 0 Å². The summed E-state index contributed by atoms with van der Waals surface area (Å²) in [5.41, 5.74) is 1.21. The lowest BCUT2D eigenvalue weighted by molar-refractivity contribution is 0.491. The Balaban J connectivity index is 2.34. The number of anilines is 2. The average Bonchev–Trinajstić information content (AvgIpc) is 3.15. The maximum atomic E-state index is 4.71. The molecule has 1 aromatic heterocycles. The van der Waals surface area contributed by atoms with E-state index >= 15 is 0 Å². The van der Waals surface area contributed by atoms with Gasteiger partial charge in [-0.3, -0.25) is 0 Å². The molecule has 4 heteroatoms. The molecule has 0 aliphatic heterocycles. The van der Waals surface area contributed by atoms with Crippen molar-refractivity contribution < 1.29 is 0 Å². The number of nitrogens with zero attached hydrogens (tertiary/aromatic N) is 2. The Kier molecular flexibility index (Phi) is 3.70. The Bertz CT molecular complexity index is 461. The molecule has 4 nitrogen and oxygen atoms in total. The van der Waals surface area contributed by atoms with Gasteiger partial charge in [-0.15, -0.1) is 0 Å². The summed E-state index contributed by atoms with van der Waals surface area (Å²) in [6, 6.07) is 0. The molecule has 0 spiro atoms. The van der Waals surface area contributed by atoms with Crippen LogP contribution in [0.1, 0.15) is 57.8 Å². The fraction of sp³-hybridized carbons (Fsp3) is 0.733. The lowest BCUT2D eigenvalue weighted by Crippen LogP contribution is -2.34. The minimum absolute atomic E-state index is 0.109. The Labute approximate surface area is 116 Å². The zero-order valence-electron chi connectivity index (χ0n) is 13.0. The summed E-state index contributed by atoms with van der Waals surface area (Å²) in [6.45, 7) is 10.8. The minimum atomic E-state index is 0.109. The van der Waals surface area contributed by atoms with E-state index in [2.05, 4.69) is 50.2 Å². The summed E-state index contributed by atoms with van der Waals surface area (Å²) in [6.07, 6.45) is 2.64. The number of rotatable bonds is 5.